The largest absolute Gasteiger partial charge is 0.478 e. The van der Waals surface area contributed by atoms with Crippen LogP contribution in [0.15, 0.2) is 66.7 Å². The van der Waals surface area contributed by atoms with Crippen LogP contribution in [-0.4, -0.2) is 44.6 Å². The second-order valence-corrected chi connectivity index (χ2v) is 9.20. The zero-order valence-electron chi connectivity index (χ0n) is 20.4. The predicted molar refractivity (Wildman–Crippen MR) is 141 cm³/mol. The molecule has 0 aliphatic carbocycles. The molecule has 0 bridgehead atoms. The van der Waals surface area contributed by atoms with E-state index in [4.69, 9.17) is 4.98 Å². The number of fused-ring (bicyclic) bond motifs is 1. The van der Waals surface area contributed by atoms with Crippen molar-refractivity contribution in [1.82, 2.24) is 14.5 Å². The van der Waals surface area contributed by atoms with Gasteiger partial charge < -0.3 is 19.9 Å². The summed E-state index contributed by atoms with van der Waals surface area (Å²) >= 11 is 0. The van der Waals surface area contributed by atoms with Crippen molar-refractivity contribution in [2.24, 2.45) is 0 Å². The molecule has 7 nitrogen and oxygen atoms in total. The molecule has 184 valence electrons. The van der Waals surface area contributed by atoms with Gasteiger partial charge in [0.25, 0.3) is 0 Å². The molecule has 2 heterocycles. The van der Waals surface area contributed by atoms with E-state index in [-0.39, 0.29) is 6.03 Å². The fourth-order valence-electron chi connectivity index (χ4n) is 4.98. The maximum absolute atomic E-state index is 12.7. The van der Waals surface area contributed by atoms with Gasteiger partial charge in [0.05, 0.1) is 23.1 Å². The van der Waals surface area contributed by atoms with E-state index in [9.17, 15) is 14.7 Å². The van der Waals surface area contributed by atoms with Crippen molar-refractivity contribution in [3.05, 3.63) is 83.7 Å². The summed E-state index contributed by atoms with van der Waals surface area (Å²) in [6.45, 7) is 4.03. The molecule has 1 fully saturated rings. The molecule has 1 aromatic heterocycles. The van der Waals surface area contributed by atoms with E-state index >= 15 is 0 Å². The first-order chi connectivity index (χ1) is 17.5. The van der Waals surface area contributed by atoms with Crippen LogP contribution in [0.4, 0.5) is 10.5 Å². The minimum atomic E-state index is -0.954. The van der Waals surface area contributed by atoms with Crippen LogP contribution in [0.1, 0.15) is 47.9 Å². The van der Waals surface area contributed by atoms with E-state index in [1.807, 2.05) is 71.6 Å². The minimum Gasteiger partial charge on any atom is -0.478 e. The van der Waals surface area contributed by atoms with Crippen molar-refractivity contribution in [2.45, 2.75) is 39.2 Å². The standard InChI is InChI=1S/C29H30N4O3/c1-2-9-26-31-24-15-14-22(30-29(36)32-16-6-7-17-32)18-25(24)33(26)19-21-12-8-13-23(27(21)28(34)35)20-10-4-3-5-11-20/h3-5,8,10-15,18H,2,6-7,9,16-17,19H2,1H3,(H,30,36)(H,34,35). The number of amides is 2. The van der Waals surface area contributed by atoms with Crippen molar-refractivity contribution >= 4 is 28.7 Å². The Morgan fingerprint density at radius 3 is 2.50 bits per heavy atom. The average molecular weight is 483 g/mol. The Morgan fingerprint density at radius 1 is 1.00 bits per heavy atom. The van der Waals surface area contributed by atoms with Gasteiger partial charge in [0.1, 0.15) is 5.82 Å². The predicted octanol–water partition coefficient (Wildman–Crippen LogP) is 6.03. The van der Waals surface area contributed by atoms with Crippen LogP contribution >= 0.6 is 0 Å². The van der Waals surface area contributed by atoms with Gasteiger partial charge in [-0.05, 0) is 54.2 Å². The molecule has 5 rings (SSSR count). The Morgan fingerprint density at radius 2 is 1.78 bits per heavy atom. The summed E-state index contributed by atoms with van der Waals surface area (Å²) in [6.07, 6.45) is 3.75. The van der Waals surface area contributed by atoms with Crippen LogP contribution in [0, 0.1) is 0 Å². The molecule has 0 atom stereocenters. The summed E-state index contributed by atoms with van der Waals surface area (Å²) in [4.78, 5) is 31.8. The van der Waals surface area contributed by atoms with E-state index in [1.165, 1.54) is 0 Å². The summed E-state index contributed by atoms with van der Waals surface area (Å²) in [7, 11) is 0. The number of rotatable bonds is 7. The Kier molecular flexibility index (Phi) is 6.71. The molecule has 7 heteroatoms. The minimum absolute atomic E-state index is 0.0876. The van der Waals surface area contributed by atoms with Crippen molar-refractivity contribution in [3.8, 4) is 11.1 Å². The molecule has 0 spiro atoms. The lowest BCUT2D eigenvalue weighted by molar-refractivity contribution is 0.0696. The van der Waals surface area contributed by atoms with Crippen LogP contribution in [-0.2, 0) is 13.0 Å². The maximum atomic E-state index is 12.7. The highest BCUT2D eigenvalue weighted by molar-refractivity contribution is 5.98. The number of hydrogen-bond acceptors (Lipinski definition) is 3. The third kappa shape index (κ3) is 4.69. The molecule has 1 saturated heterocycles. The molecule has 3 aromatic carbocycles. The van der Waals surface area contributed by atoms with Crippen LogP contribution in [0.5, 0.6) is 0 Å². The number of benzene rings is 3. The monoisotopic (exact) mass is 482 g/mol. The number of carbonyl (C=O) groups is 2. The van der Waals surface area contributed by atoms with Crippen molar-refractivity contribution < 1.29 is 14.7 Å². The summed E-state index contributed by atoms with van der Waals surface area (Å²) in [5.74, 6) is -0.0542. The summed E-state index contributed by atoms with van der Waals surface area (Å²) < 4.78 is 2.08. The number of likely N-dealkylation sites (tertiary alicyclic amines) is 1. The Hall–Kier alpha value is -4.13. The van der Waals surface area contributed by atoms with Crippen molar-refractivity contribution in [2.75, 3.05) is 18.4 Å². The highest BCUT2D eigenvalue weighted by Crippen LogP contribution is 2.29. The SMILES string of the molecule is CCCc1nc2ccc(NC(=O)N3CCCC3)cc2n1Cc1cccc(-c2ccccc2)c1C(=O)O. The van der Waals surface area contributed by atoms with Gasteiger partial charge in [-0.15, -0.1) is 0 Å². The molecule has 2 N–H and O–H groups in total. The van der Waals surface area contributed by atoms with E-state index < -0.39 is 5.97 Å². The van der Waals surface area contributed by atoms with Crippen molar-refractivity contribution in [3.63, 3.8) is 0 Å². The number of imidazole rings is 1. The van der Waals surface area contributed by atoms with E-state index in [1.54, 1.807) is 0 Å². The third-order valence-electron chi connectivity index (χ3n) is 6.72. The van der Waals surface area contributed by atoms with Crippen LogP contribution in [0.25, 0.3) is 22.2 Å². The topological polar surface area (TPSA) is 87.5 Å². The van der Waals surface area contributed by atoms with E-state index in [0.717, 1.165) is 61.2 Å². The molecule has 0 unspecified atom stereocenters. The average Bonchev–Trinajstić information content (AvgIpc) is 3.54. The van der Waals surface area contributed by atoms with E-state index in [0.29, 0.717) is 28.9 Å². The number of aromatic nitrogens is 2. The third-order valence-corrected chi connectivity index (χ3v) is 6.72. The van der Waals surface area contributed by atoms with Gasteiger partial charge in [-0.2, -0.15) is 0 Å². The van der Waals surface area contributed by atoms with Crippen molar-refractivity contribution in [1.29, 1.82) is 0 Å². The molecular formula is C29H30N4O3. The lowest BCUT2D eigenvalue weighted by Gasteiger charge is -2.17. The summed E-state index contributed by atoms with van der Waals surface area (Å²) in [5.41, 5.74) is 4.99. The first-order valence-electron chi connectivity index (χ1n) is 12.5. The van der Waals surface area contributed by atoms with Crippen LogP contribution < -0.4 is 5.32 Å². The number of nitrogens with one attached hydrogen (secondary N) is 1. The summed E-state index contributed by atoms with van der Waals surface area (Å²) in [5, 5.41) is 13.2. The van der Waals surface area contributed by atoms with Gasteiger partial charge >= 0.3 is 12.0 Å². The molecule has 1 aliphatic heterocycles. The van der Waals surface area contributed by atoms with Gasteiger partial charge in [-0.1, -0.05) is 55.5 Å². The van der Waals surface area contributed by atoms with Gasteiger partial charge in [0, 0.05) is 25.2 Å². The summed E-state index contributed by atoms with van der Waals surface area (Å²) in [6, 6.07) is 20.9. The van der Waals surface area contributed by atoms with Crippen LogP contribution in [0.3, 0.4) is 0 Å². The molecule has 0 saturated carbocycles. The molecule has 2 amide bonds. The molecular weight excluding hydrogens is 452 g/mol. The Balaban J connectivity index is 1.55. The van der Waals surface area contributed by atoms with Crippen LogP contribution in [0.2, 0.25) is 0 Å². The normalized spacial score (nSPS) is 13.3. The highest BCUT2D eigenvalue weighted by Gasteiger charge is 2.21. The van der Waals surface area contributed by atoms with E-state index in [2.05, 4.69) is 16.8 Å². The lowest BCUT2D eigenvalue weighted by Crippen LogP contribution is -2.32. The quantitative estimate of drug-likeness (QED) is 0.337. The second-order valence-electron chi connectivity index (χ2n) is 9.20. The number of hydrogen-bond donors (Lipinski definition) is 2. The highest BCUT2D eigenvalue weighted by atomic mass is 16.4. The van der Waals surface area contributed by atoms with Gasteiger partial charge in [-0.3, -0.25) is 0 Å². The zero-order chi connectivity index (χ0) is 25.1. The molecule has 1 aliphatic rings. The van der Waals surface area contributed by atoms with Gasteiger partial charge in [-0.25, -0.2) is 14.6 Å². The van der Waals surface area contributed by atoms with Gasteiger partial charge in [0.2, 0.25) is 0 Å². The first kappa shape index (κ1) is 23.6. The maximum Gasteiger partial charge on any atom is 0.336 e. The number of aromatic carboxylic acids is 1. The smallest absolute Gasteiger partial charge is 0.336 e. The number of urea groups is 1. The number of nitrogens with zero attached hydrogens (tertiary/aromatic N) is 3. The number of carboxylic acids is 1. The number of carbonyl (C=O) groups excluding carboxylic acids is 1. The molecule has 4 aromatic rings. The molecule has 0 radical (unpaired) electrons. The van der Waals surface area contributed by atoms with Gasteiger partial charge in [0.15, 0.2) is 0 Å². The number of aryl methyl sites for hydroxylation is 1. The number of carboxylic acid groups (broad SMARTS) is 1. The molecule has 36 heavy (non-hydrogen) atoms. The lowest BCUT2D eigenvalue weighted by atomic mass is 9.95. The second kappa shape index (κ2) is 10.2. The zero-order valence-corrected chi connectivity index (χ0v) is 20.4. The number of anilines is 1. The Bertz CT molecular complexity index is 1410. The Labute approximate surface area is 210 Å². The fourth-order valence-corrected chi connectivity index (χ4v) is 4.98. The fraction of sp³-hybridized carbons (Fsp3) is 0.276. The first-order valence-corrected chi connectivity index (χ1v) is 12.5.